The SMILES string of the molecule is Cn1c(-c2cccc(N3CCN(C(=O)C4CCCCN4)CC3)c2)nc2ccccc21. The van der Waals surface area contributed by atoms with Crippen LogP contribution in [0.1, 0.15) is 19.3 Å². The number of benzene rings is 2. The van der Waals surface area contributed by atoms with Gasteiger partial charge in [-0.1, -0.05) is 30.7 Å². The third kappa shape index (κ3) is 3.56. The lowest BCUT2D eigenvalue weighted by atomic mass is 10.0. The van der Waals surface area contributed by atoms with Crippen LogP contribution < -0.4 is 10.2 Å². The van der Waals surface area contributed by atoms with Crippen LogP contribution >= 0.6 is 0 Å². The Morgan fingerprint density at radius 2 is 1.87 bits per heavy atom. The molecule has 1 amide bonds. The highest BCUT2D eigenvalue weighted by Crippen LogP contribution is 2.27. The predicted molar refractivity (Wildman–Crippen MR) is 121 cm³/mol. The van der Waals surface area contributed by atoms with Crippen molar-refractivity contribution < 1.29 is 4.79 Å². The highest BCUT2D eigenvalue weighted by atomic mass is 16.2. The average Bonchev–Trinajstić information content (AvgIpc) is 3.16. The Bertz CT molecular complexity index is 1040. The van der Waals surface area contributed by atoms with Crippen molar-refractivity contribution in [2.75, 3.05) is 37.6 Å². The first kappa shape index (κ1) is 19.1. The van der Waals surface area contributed by atoms with E-state index in [1.165, 1.54) is 12.1 Å². The molecule has 2 aliphatic rings. The Hall–Kier alpha value is -2.86. The van der Waals surface area contributed by atoms with E-state index in [1.807, 2.05) is 17.0 Å². The highest BCUT2D eigenvalue weighted by molar-refractivity contribution is 5.83. The minimum absolute atomic E-state index is 0.0196. The molecule has 6 heteroatoms. The van der Waals surface area contributed by atoms with Crippen LogP contribution in [0.15, 0.2) is 48.5 Å². The van der Waals surface area contributed by atoms with Crippen LogP contribution in [0, 0.1) is 0 Å². The number of rotatable bonds is 3. The minimum Gasteiger partial charge on any atom is -0.368 e. The van der Waals surface area contributed by atoms with E-state index in [2.05, 4.69) is 58.2 Å². The number of carbonyl (C=O) groups is 1. The second-order valence-electron chi connectivity index (χ2n) is 8.35. The lowest BCUT2D eigenvalue weighted by Gasteiger charge is -2.38. The fourth-order valence-electron chi connectivity index (χ4n) is 4.71. The van der Waals surface area contributed by atoms with Crippen molar-refractivity contribution in [3.05, 3.63) is 48.5 Å². The van der Waals surface area contributed by atoms with Crippen molar-refractivity contribution in [2.45, 2.75) is 25.3 Å². The number of anilines is 1. The molecule has 2 aromatic carbocycles. The fourth-order valence-corrected chi connectivity index (χ4v) is 4.71. The molecule has 2 aliphatic heterocycles. The van der Waals surface area contributed by atoms with Gasteiger partial charge in [-0.05, 0) is 43.7 Å². The lowest BCUT2D eigenvalue weighted by molar-refractivity contribution is -0.134. The van der Waals surface area contributed by atoms with Crippen LogP contribution in [0.25, 0.3) is 22.4 Å². The number of piperidine rings is 1. The van der Waals surface area contributed by atoms with E-state index < -0.39 is 0 Å². The average molecular weight is 404 g/mol. The molecular weight excluding hydrogens is 374 g/mol. The summed E-state index contributed by atoms with van der Waals surface area (Å²) in [7, 11) is 2.07. The largest absolute Gasteiger partial charge is 0.368 e. The Kier molecular flexibility index (Phi) is 5.17. The molecule has 30 heavy (non-hydrogen) atoms. The highest BCUT2D eigenvalue weighted by Gasteiger charge is 2.28. The van der Waals surface area contributed by atoms with Crippen molar-refractivity contribution >= 4 is 22.6 Å². The van der Waals surface area contributed by atoms with Gasteiger partial charge in [-0.2, -0.15) is 0 Å². The number of piperazine rings is 1. The summed E-state index contributed by atoms with van der Waals surface area (Å²) in [5.74, 6) is 1.26. The maximum Gasteiger partial charge on any atom is 0.239 e. The Balaban J connectivity index is 1.30. The monoisotopic (exact) mass is 403 g/mol. The van der Waals surface area contributed by atoms with Crippen molar-refractivity contribution in [2.24, 2.45) is 7.05 Å². The van der Waals surface area contributed by atoms with E-state index in [1.54, 1.807) is 0 Å². The van der Waals surface area contributed by atoms with Crippen molar-refractivity contribution in [1.29, 1.82) is 0 Å². The van der Waals surface area contributed by atoms with Crippen LogP contribution in [-0.2, 0) is 11.8 Å². The maximum absolute atomic E-state index is 12.8. The smallest absolute Gasteiger partial charge is 0.239 e. The predicted octanol–water partition coefficient (Wildman–Crippen LogP) is 3.03. The van der Waals surface area contributed by atoms with E-state index in [9.17, 15) is 4.79 Å². The second kappa shape index (κ2) is 8.11. The van der Waals surface area contributed by atoms with E-state index in [0.717, 1.165) is 68.0 Å². The van der Waals surface area contributed by atoms with Gasteiger partial charge in [0.05, 0.1) is 17.1 Å². The van der Waals surface area contributed by atoms with Gasteiger partial charge in [0, 0.05) is 44.5 Å². The molecule has 1 atom stereocenters. The first-order valence-electron chi connectivity index (χ1n) is 11.0. The molecule has 2 saturated heterocycles. The third-order valence-corrected chi connectivity index (χ3v) is 6.46. The molecule has 1 unspecified atom stereocenters. The van der Waals surface area contributed by atoms with Gasteiger partial charge >= 0.3 is 0 Å². The number of nitrogens with one attached hydrogen (secondary N) is 1. The second-order valence-corrected chi connectivity index (χ2v) is 8.35. The van der Waals surface area contributed by atoms with Crippen molar-refractivity contribution in [3.63, 3.8) is 0 Å². The molecule has 1 N–H and O–H groups in total. The minimum atomic E-state index is 0.0196. The molecule has 0 saturated carbocycles. The standard InChI is InChI=1S/C24H29N5O/c1-27-22-11-3-2-9-20(22)26-23(27)18-7-6-8-19(17-18)28-13-15-29(16-14-28)24(30)21-10-4-5-12-25-21/h2-3,6-9,11,17,21,25H,4-5,10,12-16H2,1H3. The molecule has 0 radical (unpaired) electrons. The van der Waals surface area contributed by atoms with E-state index >= 15 is 0 Å². The van der Waals surface area contributed by atoms with E-state index in [4.69, 9.17) is 4.98 Å². The van der Waals surface area contributed by atoms with Gasteiger partial charge in [-0.15, -0.1) is 0 Å². The van der Waals surface area contributed by atoms with Gasteiger partial charge in [0.15, 0.2) is 0 Å². The number of imidazole rings is 1. The summed E-state index contributed by atoms with van der Waals surface area (Å²) in [6.45, 7) is 4.27. The first-order valence-corrected chi connectivity index (χ1v) is 11.0. The van der Waals surface area contributed by atoms with Crippen LogP contribution in [-0.4, -0.2) is 59.1 Å². The summed E-state index contributed by atoms with van der Waals surface area (Å²) in [6.07, 6.45) is 3.30. The van der Waals surface area contributed by atoms with E-state index in [-0.39, 0.29) is 11.9 Å². The normalized spacial score (nSPS) is 20.0. The molecule has 0 aliphatic carbocycles. The zero-order valence-electron chi connectivity index (χ0n) is 17.6. The quantitative estimate of drug-likeness (QED) is 0.730. The van der Waals surface area contributed by atoms with Gasteiger partial charge in [0.1, 0.15) is 5.82 Å². The Labute approximate surface area is 177 Å². The summed E-state index contributed by atoms with van der Waals surface area (Å²) in [6, 6.07) is 16.9. The number of hydrogen-bond acceptors (Lipinski definition) is 4. The number of carbonyl (C=O) groups excluding carboxylic acids is 1. The van der Waals surface area contributed by atoms with Crippen LogP contribution in [0.2, 0.25) is 0 Å². The van der Waals surface area contributed by atoms with Crippen molar-refractivity contribution in [3.8, 4) is 11.4 Å². The summed E-state index contributed by atoms with van der Waals surface area (Å²) in [4.78, 5) is 22.0. The summed E-state index contributed by atoms with van der Waals surface area (Å²) < 4.78 is 2.15. The maximum atomic E-state index is 12.8. The number of aromatic nitrogens is 2. The number of amides is 1. The number of nitrogens with zero attached hydrogens (tertiary/aromatic N) is 4. The Morgan fingerprint density at radius 1 is 1.03 bits per heavy atom. The van der Waals surface area contributed by atoms with Gasteiger partial charge in [-0.3, -0.25) is 4.79 Å². The first-order chi connectivity index (χ1) is 14.7. The molecule has 0 spiro atoms. The molecule has 3 aromatic rings. The Morgan fingerprint density at radius 3 is 2.63 bits per heavy atom. The number of fused-ring (bicyclic) bond motifs is 1. The molecule has 156 valence electrons. The number of aryl methyl sites for hydroxylation is 1. The zero-order chi connectivity index (χ0) is 20.5. The summed E-state index contributed by atoms with van der Waals surface area (Å²) in [5.41, 5.74) is 4.48. The zero-order valence-corrected chi connectivity index (χ0v) is 17.6. The van der Waals surface area contributed by atoms with Gasteiger partial charge in [0.2, 0.25) is 5.91 Å². The van der Waals surface area contributed by atoms with Crippen LogP contribution in [0.3, 0.4) is 0 Å². The number of hydrogen-bond donors (Lipinski definition) is 1. The van der Waals surface area contributed by atoms with Gasteiger partial charge < -0.3 is 19.7 Å². The molecule has 2 fully saturated rings. The molecule has 0 bridgehead atoms. The summed E-state index contributed by atoms with van der Waals surface area (Å²) in [5, 5.41) is 3.39. The van der Waals surface area contributed by atoms with Gasteiger partial charge in [-0.25, -0.2) is 4.98 Å². The molecule has 6 nitrogen and oxygen atoms in total. The molecule has 5 rings (SSSR count). The van der Waals surface area contributed by atoms with Gasteiger partial charge in [0.25, 0.3) is 0 Å². The fraction of sp³-hybridized carbons (Fsp3) is 0.417. The van der Waals surface area contributed by atoms with Crippen LogP contribution in [0.5, 0.6) is 0 Å². The number of para-hydroxylation sites is 2. The molecule has 1 aromatic heterocycles. The molecular formula is C24H29N5O. The van der Waals surface area contributed by atoms with Crippen molar-refractivity contribution in [1.82, 2.24) is 19.8 Å². The topological polar surface area (TPSA) is 53.4 Å². The lowest BCUT2D eigenvalue weighted by Crippen LogP contribution is -2.55. The molecule has 3 heterocycles. The third-order valence-electron chi connectivity index (χ3n) is 6.46. The van der Waals surface area contributed by atoms with E-state index in [0.29, 0.717) is 0 Å². The van der Waals surface area contributed by atoms with Crippen LogP contribution in [0.4, 0.5) is 5.69 Å². The summed E-state index contributed by atoms with van der Waals surface area (Å²) >= 11 is 0.